The summed E-state index contributed by atoms with van der Waals surface area (Å²) in [6, 6.07) is 2.28. The molecule has 3 nitrogen and oxygen atoms in total. The van der Waals surface area contributed by atoms with Crippen molar-refractivity contribution >= 4 is 11.5 Å². The maximum absolute atomic E-state index is 12.3. The summed E-state index contributed by atoms with van der Waals surface area (Å²) in [5.41, 5.74) is 3.01. The molecule has 1 aromatic heterocycles. The molecule has 1 fully saturated rings. The molecular weight excluding hydrogens is 243 g/mol. The van der Waals surface area contributed by atoms with Gasteiger partial charge >= 0.3 is 6.18 Å². The van der Waals surface area contributed by atoms with Crippen LogP contribution in [0.3, 0.4) is 0 Å². The molecule has 2 rings (SSSR count). The highest BCUT2D eigenvalue weighted by atomic mass is 19.4. The Hall–Kier alpha value is -1.59. The molecule has 0 aliphatic heterocycles. The lowest BCUT2D eigenvalue weighted by Crippen LogP contribution is -2.08. The van der Waals surface area contributed by atoms with Crippen LogP contribution < -0.4 is 5.43 Å². The number of alkyl halides is 3. The third-order valence-electron chi connectivity index (χ3n) is 2.85. The minimum Gasteiger partial charge on any atom is -0.261 e. The third kappa shape index (κ3) is 3.45. The van der Waals surface area contributed by atoms with E-state index in [-0.39, 0.29) is 0 Å². The molecule has 0 unspecified atom stereocenters. The van der Waals surface area contributed by atoms with Crippen LogP contribution >= 0.6 is 0 Å². The zero-order chi connectivity index (χ0) is 13.0. The van der Waals surface area contributed by atoms with Crippen LogP contribution in [-0.2, 0) is 6.18 Å². The van der Waals surface area contributed by atoms with Crippen molar-refractivity contribution in [3.05, 3.63) is 23.9 Å². The van der Waals surface area contributed by atoms with Crippen molar-refractivity contribution < 1.29 is 13.2 Å². The van der Waals surface area contributed by atoms with Gasteiger partial charge in [0.15, 0.2) is 0 Å². The summed E-state index contributed by atoms with van der Waals surface area (Å²) >= 11 is 0. The van der Waals surface area contributed by atoms with Gasteiger partial charge in [-0.05, 0) is 37.8 Å². The van der Waals surface area contributed by atoms with Gasteiger partial charge in [-0.15, -0.1) is 0 Å². The van der Waals surface area contributed by atoms with E-state index in [0.29, 0.717) is 5.82 Å². The minimum atomic E-state index is -4.35. The normalized spacial score (nSPS) is 16.5. The van der Waals surface area contributed by atoms with Gasteiger partial charge in [-0.3, -0.25) is 5.43 Å². The molecule has 1 N–H and O–H groups in total. The van der Waals surface area contributed by atoms with Crippen molar-refractivity contribution in [3.8, 4) is 0 Å². The summed E-state index contributed by atoms with van der Waals surface area (Å²) in [6.45, 7) is 0. The number of pyridine rings is 1. The molecule has 0 amide bonds. The molecule has 1 aromatic rings. The van der Waals surface area contributed by atoms with Gasteiger partial charge in [0.2, 0.25) is 0 Å². The van der Waals surface area contributed by atoms with Crippen LogP contribution in [0.25, 0.3) is 0 Å². The minimum absolute atomic E-state index is 0.334. The summed E-state index contributed by atoms with van der Waals surface area (Å²) in [4.78, 5) is 3.69. The summed E-state index contributed by atoms with van der Waals surface area (Å²) in [6.07, 6.45) is 1.84. The Kier molecular flexibility index (Phi) is 3.84. The number of rotatable bonds is 2. The van der Waals surface area contributed by atoms with E-state index in [9.17, 15) is 13.2 Å². The Morgan fingerprint density at radius 2 is 1.83 bits per heavy atom. The van der Waals surface area contributed by atoms with E-state index in [4.69, 9.17) is 0 Å². The van der Waals surface area contributed by atoms with Gasteiger partial charge in [-0.1, -0.05) is 6.42 Å². The Morgan fingerprint density at radius 3 is 2.39 bits per heavy atom. The van der Waals surface area contributed by atoms with Crippen LogP contribution in [0.15, 0.2) is 23.4 Å². The van der Waals surface area contributed by atoms with Crippen LogP contribution in [0.2, 0.25) is 0 Å². The summed E-state index contributed by atoms with van der Waals surface area (Å²) in [5, 5.41) is 4.17. The fourth-order valence-electron chi connectivity index (χ4n) is 1.84. The fourth-order valence-corrected chi connectivity index (χ4v) is 1.84. The standard InChI is InChI=1S/C12H14F3N3/c13-12(14,15)9-6-7-11(16-8-9)18-17-10-4-2-1-3-5-10/h6-8H,1-5H2,(H,16,18). The predicted molar refractivity (Wildman–Crippen MR) is 63.4 cm³/mol. The SMILES string of the molecule is FC(F)(F)c1ccc(NN=C2CCCCC2)nc1. The lowest BCUT2D eigenvalue weighted by molar-refractivity contribution is -0.137. The zero-order valence-corrected chi connectivity index (χ0v) is 9.80. The average molecular weight is 257 g/mol. The second kappa shape index (κ2) is 5.37. The molecule has 6 heteroatoms. The fraction of sp³-hybridized carbons (Fsp3) is 0.500. The number of halogens is 3. The quantitative estimate of drug-likeness (QED) is 0.817. The number of nitrogens with zero attached hydrogens (tertiary/aromatic N) is 2. The van der Waals surface area contributed by atoms with Crippen LogP contribution in [-0.4, -0.2) is 10.7 Å². The van der Waals surface area contributed by atoms with E-state index in [1.807, 2.05) is 0 Å². The molecule has 0 bridgehead atoms. The molecule has 98 valence electrons. The van der Waals surface area contributed by atoms with E-state index in [1.165, 1.54) is 12.5 Å². The van der Waals surface area contributed by atoms with E-state index in [0.717, 1.165) is 43.7 Å². The Bertz CT molecular complexity index is 415. The zero-order valence-electron chi connectivity index (χ0n) is 9.80. The molecule has 0 saturated heterocycles. The van der Waals surface area contributed by atoms with E-state index in [1.54, 1.807) is 0 Å². The molecule has 0 aromatic carbocycles. The predicted octanol–water partition coefficient (Wildman–Crippen LogP) is 3.83. The first-order chi connectivity index (χ1) is 8.55. The summed E-state index contributed by atoms with van der Waals surface area (Å²) < 4.78 is 36.9. The van der Waals surface area contributed by atoms with Crippen molar-refractivity contribution in [2.24, 2.45) is 5.10 Å². The van der Waals surface area contributed by atoms with Crippen LogP contribution in [0.5, 0.6) is 0 Å². The number of anilines is 1. The highest BCUT2D eigenvalue weighted by Crippen LogP contribution is 2.28. The number of hydrogen-bond acceptors (Lipinski definition) is 3. The van der Waals surface area contributed by atoms with Crippen molar-refractivity contribution in [1.82, 2.24) is 4.98 Å². The Morgan fingerprint density at radius 1 is 1.11 bits per heavy atom. The van der Waals surface area contributed by atoms with Crippen LogP contribution in [0.1, 0.15) is 37.7 Å². The highest BCUT2D eigenvalue weighted by Gasteiger charge is 2.30. The largest absolute Gasteiger partial charge is 0.417 e. The first-order valence-electron chi connectivity index (χ1n) is 5.90. The van der Waals surface area contributed by atoms with Gasteiger partial charge in [0.25, 0.3) is 0 Å². The van der Waals surface area contributed by atoms with Crippen molar-refractivity contribution in [3.63, 3.8) is 0 Å². The van der Waals surface area contributed by atoms with E-state index < -0.39 is 11.7 Å². The number of aromatic nitrogens is 1. The molecule has 1 aliphatic rings. The Labute approximate surface area is 103 Å². The maximum atomic E-state index is 12.3. The molecule has 1 aliphatic carbocycles. The van der Waals surface area contributed by atoms with Crippen molar-refractivity contribution in [2.45, 2.75) is 38.3 Å². The number of nitrogens with one attached hydrogen (secondary N) is 1. The average Bonchev–Trinajstić information content (AvgIpc) is 2.37. The third-order valence-corrected chi connectivity index (χ3v) is 2.85. The lowest BCUT2D eigenvalue weighted by atomic mass is 9.99. The smallest absolute Gasteiger partial charge is 0.261 e. The molecular formula is C12H14F3N3. The van der Waals surface area contributed by atoms with Gasteiger partial charge in [-0.2, -0.15) is 18.3 Å². The van der Waals surface area contributed by atoms with E-state index >= 15 is 0 Å². The van der Waals surface area contributed by atoms with Gasteiger partial charge in [0.05, 0.1) is 5.56 Å². The van der Waals surface area contributed by atoms with Crippen molar-refractivity contribution in [1.29, 1.82) is 0 Å². The van der Waals surface area contributed by atoms with Gasteiger partial charge < -0.3 is 0 Å². The van der Waals surface area contributed by atoms with E-state index in [2.05, 4.69) is 15.5 Å². The maximum Gasteiger partial charge on any atom is 0.417 e. The lowest BCUT2D eigenvalue weighted by Gasteiger charge is -2.12. The van der Waals surface area contributed by atoms with Crippen LogP contribution in [0.4, 0.5) is 19.0 Å². The molecule has 0 atom stereocenters. The topological polar surface area (TPSA) is 37.3 Å². The highest BCUT2D eigenvalue weighted by molar-refractivity contribution is 5.85. The molecule has 1 heterocycles. The van der Waals surface area contributed by atoms with Gasteiger partial charge in [0, 0.05) is 11.9 Å². The number of hydrazone groups is 1. The summed E-state index contributed by atoms with van der Waals surface area (Å²) in [5.74, 6) is 0.334. The summed E-state index contributed by atoms with van der Waals surface area (Å²) in [7, 11) is 0. The van der Waals surface area contributed by atoms with Crippen LogP contribution in [0, 0.1) is 0 Å². The van der Waals surface area contributed by atoms with Gasteiger partial charge in [0.1, 0.15) is 5.82 Å². The second-order valence-corrected chi connectivity index (χ2v) is 4.28. The Balaban J connectivity index is 1.98. The monoisotopic (exact) mass is 257 g/mol. The molecule has 0 spiro atoms. The van der Waals surface area contributed by atoms with Crippen molar-refractivity contribution in [2.75, 3.05) is 5.43 Å². The molecule has 0 radical (unpaired) electrons. The second-order valence-electron chi connectivity index (χ2n) is 4.28. The first-order valence-corrected chi connectivity index (χ1v) is 5.90. The first kappa shape index (κ1) is 12.9. The van der Waals surface area contributed by atoms with Gasteiger partial charge in [-0.25, -0.2) is 4.98 Å². The number of hydrogen-bond donors (Lipinski definition) is 1. The molecule has 18 heavy (non-hydrogen) atoms. The molecule has 1 saturated carbocycles.